The third kappa shape index (κ3) is 4.82. The van der Waals surface area contributed by atoms with Crippen molar-refractivity contribution in [1.82, 2.24) is 4.90 Å². The summed E-state index contributed by atoms with van der Waals surface area (Å²) in [7, 11) is 0. The van der Waals surface area contributed by atoms with Crippen molar-refractivity contribution in [3.05, 3.63) is 24.3 Å². The van der Waals surface area contributed by atoms with Crippen LogP contribution in [-0.4, -0.2) is 53.9 Å². The lowest BCUT2D eigenvalue weighted by atomic mass is 10.1. The van der Waals surface area contributed by atoms with Crippen LogP contribution in [0.5, 0.6) is 5.75 Å². The molecule has 0 bridgehead atoms. The monoisotopic (exact) mass is 402 g/mol. The van der Waals surface area contributed by atoms with E-state index in [0.717, 1.165) is 17.7 Å². The molecule has 8 nitrogen and oxygen atoms in total. The fraction of sp³-hybridized carbons (Fsp3) is 0.524. The molecule has 0 N–H and O–H groups in total. The highest BCUT2D eigenvalue weighted by molar-refractivity contribution is 6.23. The van der Waals surface area contributed by atoms with E-state index in [-0.39, 0.29) is 24.3 Å². The number of imide groups is 1. The lowest BCUT2D eigenvalue weighted by Gasteiger charge is -2.29. The zero-order valence-corrected chi connectivity index (χ0v) is 16.8. The van der Waals surface area contributed by atoms with Gasteiger partial charge in [-0.05, 0) is 43.5 Å². The average molecular weight is 402 g/mol. The molecule has 0 spiro atoms. The van der Waals surface area contributed by atoms with E-state index in [4.69, 9.17) is 9.47 Å². The summed E-state index contributed by atoms with van der Waals surface area (Å²) in [5, 5.41) is 0. The van der Waals surface area contributed by atoms with E-state index in [1.54, 1.807) is 12.1 Å². The maximum atomic E-state index is 13.1. The molecule has 2 heterocycles. The maximum absolute atomic E-state index is 13.1. The Labute approximate surface area is 169 Å². The van der Waals surface area contributed by atoms with E-state index >= 15 is 0 Å². The molecule has 0 aliphatic carbocycles. The van der Waals surface area contributed by atoms with Gasteiger partial charge >= 0.3 is 5.97 Å². The minimum atomic E-state index is -0.820. The minimum Gasteiger partial charge on any atom is -0.427 e. The van der Waals surface area contributed by atoms with E-state index < -0.39 is 17.9 Å². The summed E-state index contributed by atoms with van der Waals surface area (Å²) < 4.78 is 10.6. The molecule has 29 heavy (non-hydrogen) atoms. The highest BCUT2D eigenvalue weighted by Gasteiger charge is 2.44. The minimum absolute atomic E-state index is 0.0489. The summed E-state index contributed by atoms with van der Waals surface area (Å²) in [5.41, 5.74) is 0.387. The molecule has 3 amide bonds. The van der Waals surface area contributed by atoms with E-state index in [0.29, 0.717) is 37.4 Å². The molecule has 1 aromatic rings. The quantitative estimate of drug-likeness (QED) is 0.394. The number of ether oxygens (including phenoxy) is 2. The van der Waals surface area contributed by atoms with Gasteiger partial charge in [-0.3, -0.25) is 19.2 Å². The van der Waals surface area contributed by atoms with Crippen molar-refractivity contribution in [2.24, 2.45) is 0 Å². The third-order valence-electron chi connectivity index (χ3n) is 5.06. The van der Waals surface area contributed by atoms with Crippen molar-refractivity contribution in [1.29, 1.82) is 0 Å². The van der Waals surface area contributed by atoms with Crippen LogP contribution in [0.3, 0.4) is 0 Å². The molecule has 3 rings (SSSR count). The summed E-state index contributed by atoms with van der Waals surface area (Å²) in [6.07, 6.45) is 2.60. The SMILES string of the molecule is CCCC(=O)N(CC1CCCO1)C1CC(=O)N(c2ccc(OC(C)=O)cc2)C1=O. The van der Waals surface area contributed by atoms with Crippen LogP contribution in [0, 0.1) is 0 Å². The Kier molecular flexibility index (Phi) is 6.64. The molecule has 2 atom stereocenters. The van der Waals surface area contributed by atoms with Gasteiger partial charge in [0.25, 0.3) is 5.91 Å². The first-order valence-corrected chi connectivity index (χ1v) is 9.97. The van der Waals surface area contributed by atoms with Gasteiger partial charge in [-0.1, -0.05) is 6.92 Å². The molecule has 0 saturated carbocycles. The van der Waals surface area contributed by atoms with Crippen molar-refractivity contribution < 1.29 is 28.7 Å². The number of carbonyl (C=O) groups excluding carboxylic acids is 4. The Balaban J connectivity index is 1.79. The molecule has 2 fully saturated rings. The Morgan fingerprint density at radius 1 is 1.24 bits per heavy atom. The highest BCUT2D eigenvalue weighted by Crippen LogP contribution is 2.29. The summed E-state index contributed by atoms with van der Waals surface area (Å²) in [6.45, 7) is 4.17. The number of anilines is 1. The number of hydrogen-bond acceptors (Lipinski definition) is 6. The smallest absolute Gasteiger partial charge is 0.308 e. The molecule has 2 aliphatic rings. The second kappa shape index (κ2) is 9.17. The van der Waals surface area contributed by atoms with Gasteiger partial charge in [0.15, 0.2) is 0 Å². The highest BCUT2D eigenvalue weighted by atomic mass is 16.5. The van der Waals surface area contributed by atoms with Crippen molar-refractivity contribution in [3.63, 3.8) is 0 Å². The van der Waals surface area contributed by atoms with Crippen LogP contribution >= 0.6 is 0 Å². The molecule has 2 saturated heterocycles. The number of amides is 3. The molecule has 8 heteroatoms. The first-order valence-electron chi connectivity index (χ1n) is 9.97. The van der Waals surface area contributed by atoms with Crippen molar-refractivity contribution in [2.75, 3.05) is 18.1 Å². The second-order valence-electron chi connectivity index (χ2n) is 7.31. The van der Waals surface area contributed by atoms with Gasteiger partial charge in [0.1, 0.15) is 11.8 Å². The number of benzene rings is 1. The Bertz CT molecular complexity index is 785. The van der Waals surface area contributed by atoms with Gasteiger partial charge in [0, 0.05) is 26.5 Å². The molecule has 0 aromatic heterocycles. The fourth-order valence-corrected chi connectivity index (χ4v) is 3.73. The number of hydrogen-bond donors (Lipinski definition) is 0. The van der Waals surface area contributed by atoms with E-state index in [9.17, 15) is 19.2 Å². The van der Waals surface area contributed by atoms with E-state index in [1.165, 1.54) is 24.0 Å². The standard InChI is InChI=1S/C21H26N2O6/c1-3-5-19(25)22(13-17-6-4-11-28-17)18-12-20(26)23(21(18)27)15-7-9-16(10-8-15)29-14(2)24/h7-10,17-18H,3-6,11-13H2,1-2H3. The molecular weight excluding hydrogens is 376 g/mol. The van der Waals surface area contributed by atoms with Gasteiger partial charge in [-0.2, -0.15) is 0 Å². The maximum Gasteiger partial charge on any atom is 0.308 e. The largest absolute Gasteiger partial charge is 0.427 e. The predicted molar refractivity (Wildman–Crippen MR) is 104 cm³/mol. The van der Waals surface area contributed by atoms with Gasteiger partial charge in [-0.15, -0.1) is 0 Å². The normalized spacial score (nSPS) is 21.5. The van der Waals surface area contributed by atoms with Crippen LogP contribution in [0.1, 0.15) is 46.0 Å². The van der Waals surface area contributed by atoms with Crippen molar-refractivity contribution in [2.45, 2.75) is 58.1 Å². The molecular formula is C21H26N2O6. The van der Waals surface area contributed by atoms with Crippen molar-refractivity contribution in [3.8, 4) is 5.75 Å². The van der Waals surface area contributed by atoms with Crippen LogP contribution in [-0.2, 0) is 23.9 Å². The number of rotatable bonds is 7. The van der Waals surface area contributed by atoms with Crippen LogP contribution < -0.4 is 9.64 Å². The Morgan fingerprint density at radius 2 is 1.97 bits per heavy atom. The molecule has 0 radical (unpaired) electrons. The van der Waals surface area contributed by atoms with Crippen LogP contribution in [0.2, 0.25) is 0 Å². The Hall–Kier alpha value is -2.74. The van der Waals surface area contributed by atoms with Gasteiger partial charge < -0.3 is 14.4 Å². The summed E-state index contributed by atoms with van der Waals surface area (Å²) in [5.74, 6) is -1.04. The fourth-order valence-electron chi connectivity index (χ4n) is 3.73. The third-order valence-corrected chi connectivity index (χ3v) is 5.06. The first kappa shape index (κ1) is 21.0. The van der Waals surface area contributed by atoms with E-state index in [1.807, 2.05) is 6.92 Å². The second-order valence-corrected chi connectivity index (χ2v) is 7.31. The van der Waals surface area contributed by atoms with Gasteiger partial charge in [0.2, 0.25) is 11.8 Å². The zero-order valence-electron chi connectivity index (χ0n) is 16.8. The zero-order chi connectivity index (χ0) is 21.0. The molecule has 156 valence electrons. The Morgan fingerprint density at radius 3 is 2.55 bits per heavy atom. The molecule has 1 aromatic carbocycles. The summed E-state index contributed by atoms with van der Waals surface area (Å²) in [6, 6.07) is 5.33. The topological polar surface area (TPSA) is 93.2 Å². The number of nitrogens with zero attached hydrogens (tertiary/aromatic N) is 2. The van der Waals surface area contributed by atoms with Crippen LogP contribution in [0.4, 0.5) is 5.69 Å². The summed E-state index contributed by atoms with van der Waals surface area (Å²) in [4.78, 5) is 52.1. The van der Waals surface area contributed by atoms with Crippen molar-refractivity contribution >= 4 is 29.4 Å². The average Bonchev–Trinajstić information content (AvgIpc) is 3.28. The van der Waals surface area contributed by atoms with Crippen LogP contribution in [0.15, 0.2) is 24.3 Å². The first-order chi connectivity index (χ1) is 13.9. The molecule has 2 unspecified atom stereocenters. The lowest BCUT2D eigenvalue weighted by Crippen LogP contribution is -2.48. The molecule has 2 aliphatic heterocycles. The lowest BCUT2D eigenvalue weighted by molar-refractivity contribution is -0.140. The number of carbonyl (C=O) groups is 4. The summed E-state index contributed by atoms with van der Waals surface area (Å²) >= 11 is 0. The number of esters is 1. The van der Waals surface area contributed by atoms with Gasteiger partial charge in [0.05, 0.1) is 18.2 Å². The predicted octanol–water partition coefficient (Wildman–Crippen LogP) is 2.05. The van der Waals surface area contributed by atoms with Crippen LogP contribution in [0.25, 0.3) is 0 Å². The van der Waals surface area contributed by atoms with E-state index in [2.05, 4.69) is 0 Å². The van der Waals surface area contributed by atoms with Gasteiger partial charge in [-0.25, -0.2) is 4.90 Å².